The molecule has 0 saturated carbocycles. The van der Waals surface area contributed by atoms with E-state index in [4.69, 9.17) is 9.84 Å². The van der Waals surface area contributed by atoms with E-state index < -0.39 is 0 Å². The maximum Gasteiger partial charge on any atom is 0.240 e. The number of β-amino-alcohol motifs (C(OH)–C–C–N with tert-alkyl or cyclic N) is 1. The molecule has 0 aromatic rings. The fraction of sp³-hybridized carbons (Fsp3) is 0.909. The number of hydrogen-bond donors (Lipinski definition) is 1. The highest BCUT2D eigenvalue weighted by molar-refractivity contribution is 5.82. The summed E-state index contributed by atoms with van der Waals surface area (Å²) in [5, 5.41) is 8.95. The first kappa shape index (κ1) is 11.8. The van der Waals surface area contributed by atoms with Gasteiger partial charge in [0.2, 0.25) is 5.91 Å². The van der Waals surface area contributed by atoms with E-state index >= 15 is 0 Å². The molecule has 2 saturated heterocycles. The van der Waals surface area contributed by atoms with Crippen LogP contribution in [-0.4, -0.2) is 72.9 Å². The third-order valence-electron chi connectivity index (χ3n) is 3.36. The molecule has 0 bridgehead atoms. The van der Waals surface area contributed by atoms with Crippen LogP contribution in [0, 0.1) is 0 Å². The van der Waals surface area contributed by atoms with Crippen molar-refractivity contribution in [2.24, 2.45) is 0 Å². The highest BCUT2D eigenvalue weighted by Gasteiger charge is 2.33. The smallest absolute Gasteiger partial charge is 0.240 e. The van der Waals surface area contributed by atoms with Gasteiger partial charge < -0.3 is 14.7 Å². The summed E-state index contributed by atoms with van der Waals surface area (Å²) in [6.45, 7) is 4.40. The average molecular weight is 228 g/mol. The molecule has 1 atom stereocenters. The van der Waals surface area contributed by atoms with E-state index in [0.717, 1.165) is 19.4 Å². The third-order valence-corrected chi connectivity index (χ3v) is 3.36. The van der Waals surface area contributed by atoms with Crippen LogP contribution in [0.1, 0.15) is 12.8 Å². The molecule has 16 heavy (non-hydrogen) atoms. The van der Waals surface area contributed by atoms with Crippen molar-refractivity contribution in [2.75, 3.05) is 46.0 Å². The Morgan fingerprint density at radius 2 is 2.06 bits per heavy atom. The Morgan fingerprint density at radius 3 is 2.75 bits per heavy atom. The zero-order chi connectivity index (χ0) is 11.4. The second-order valence-electron chi connectivity index (χ2n) is 4.36. The summed E-state index contributed by atoms with van der Waals surface area (Å²) >= 11 is 0. The van der Waals surface area contributed by atoms with Gasteiger partial charge in [0.15, 0.2) is 0 Å². The first-order valence-electron chi connectivity index (χ1n) is 6.04. The van der Waals surface area contributed by atoms with Gasteiger partial charge in [-0.1, -0.05) is 0 Å². The average Bonchev–Trinajstić information content (AvgIpc) is 2.78. The van der Waals surface area contributed by atoms with E-state index in [1.807, 2.05) is 4.90 Å². The van der Waals surface area contributed by atoms with Crippen LogP contribution in [0.4, 0.5) is 0 Å². The van der Waals surface area contributed by atoms with E-state index in [1.54, 1.807) is 0 Å². The minimum atomic E-state index is -0.00903. The molecule has 5 heteroatoms. The first-order chi connectivity index (χ1) is 7.83. The topological polar surface area (TPSA) is 53.0 Å². The zero-order valence-corrected chi connectivity index (χ0v) is 9.60. The highest BCUT2D eigenvalue weighted by atomic mass is 16.5. The highest BCUT2D eigenvalue weighted by Crippen LogP contribution is 2.19. The standard InChI is InChI=1S/C11H20N2O3/c14-7-4-12-3-1-2-10(12)11(15)13-5-8-16-9-6-13/h10,14H,1-9H2/t10-/m0/s1. The van der Waals surface area contributed by atoms with Crippen LogP contribution in [-0.2, 0) is 9.53 Å². The predicted molar refractivity (Wildman–Crippen MR) is 59.1 cm³/mol. The van der Waals surface area contributed by atoms with E-state index in [2.05, 4.69) is 4.90 Å². The molecule has 2 fully saturated rings. The Labute approximate surface area is 96.0 Å². The van der Waals surface area contributed by atoms with Crippen molar-refractivity contribution in [3.05, 3.63) is 0 Å². The van der Waals surface area contributed by atoms with Crippen molar-refractivity contribution < 1.29 is 14.6 Å². The number of likely N-dealkylation sites (tertiary alicyclic amines) is 1. The summed E-state index contributed by atoms with van der Waals surface area (Å²) in [5.41, 5.74) is 0. The Hall–Kier alpha value is -0.650. The normalized spacial score (nSPS) is 27.3. The molecule has 1 amide bonds. The molecule has 0 aromatic heterocycles. The van der Waals surface area contributed by atoms with Crippen molar-refractivity contribution in [3.8, 4) is 0 Å². The summed E-state index contributed by atoms with van der Waals surface area (Å²) in [7, 11) is 0. The summed E-state index contributed by atoms with van der Waals surface area (Å²) in [5.74, 6) is 0.217. The van der Waals surface area contributed by atoms with Crippen molar-refractivity contribution in [1.82, 2.24) is 9.80 Å². The van der Waals surface area contributed by atoms with Crippen LogP contribution in [0.3, 0.4) is 0 Å². The number of ether oxygens (including phenoxy) is 1. The van der Waals surface area contributed by atoms with E-state index in [0.29, 0.717) is 32.8 Å². The Bertz CT molecular complexity index is 241. The lowest BCUT2D eigenvalue weighted by atomic mass is 10.2. The van der Waals surface area contributed by atoms with Crippen molar-refractivity contribution in [3.63, 3.8) is 0 Å². The molecule has 0 spiro atoms. The number of nitrogens with zero attached hydrogens (tertiary/aromatic N) is 2. The molecule has 2 aliphatic heterocycles. The van der Waals surface area contributed by atoms with Crippen LogP contribution >= 0.6 is 0 Å². The van der Waals surface area contributed by atoms with Gasteiger partial charge in [-0.15, -0.1) is 0 Å². The Balaban J connectivity index is 1.91. The van der Waals surface area contributed by atoms with Gasteiger partial charge in [0.25, 0.3) is 0 Å². The van der Waals surface area contributed by atoms with Crippen molar-refractivity contribution in [2.45, 2.75) is 18.9 Å². The van der Waals surface area contributed by atoms with Gasteiger partial charge in [-0.05, 0) is 19.4 Å². The second-order valence-corrected chi connectivity index (χ2v) is 4.36. The minimum absolute atomic E-state index is 0.00903. The number of aliphatic hydroxyl groups is 1. The fourth-order valence-corrected chi connectivity index (χ4v) is 2.50. The molecule has 92 valence electrons. The molecule has 0 aromatic carbocycles. The van der Waals surface area contributed by atoms with Crippen LogP contribution < -0.4 is 0 Å². The lowest BCUT2D eigenvalue weighted by Gasteiger charge is -2.32. The van der Waals surface area contributed by atoms with Gasteiger partial charge in [-0.3, -0.25) is 9.69 Å². The molecule has 1 N–H and O–H groups in total. The van der Waals surface area contributed by atoms with Gasteiger partial charge in [-0.2, -0.15) is 0 Å². The minimum Gasteiger partial charge on any atom is -0.395 e. The molecule has 0 aliphatic carbocycles. The van der Waals surface area contributed by atoms with E-state index in [-0.39, 0.29) is 18.6 Å². The van der Waals surface area contributed by atoms with Gasteiger partial charge in [0, 0.05) is 19.6 Å². The van der Waals surface area contributed by atoms with E-state index in [1.165, 1.54) is 0 Å². The van der Waals surface area contributed by atoms with Crippen LogP contribution in [0.25, 0.3) is 0 Å². The number of morpholine rings is 1. The van der Waals surface area contributed by atoms with Gasteiger partial charge >= 0.3 is 0 Å². The summed E-state index contributed by atoms with van der Waals surface area (Å²) < 4.78 is 5.24. The SMILES string of the molecule is O=C([C@@H]1CCCN1CCO)N1CCOCC1. The Kier molecular flexibility index (Phi) is 4.15. The maximum atomic E-state index is 12.2. The number of aliphatic hydroxyl groups excluding tert-OH is 1. The number of carbonyl (C=O) groups excluding carboxylic acids is 1. The number of hydrogen-bond acceptors (Lipinski definition) is 4. The molecule has 5 nitrogen and oxygen atoms in total. The number of carbonyl (C=O) groups is 1. The van der Waals surface area contributed by atoms with E-state index in [9.17, 15) is 4.79 Å². The molecule has 0 radical (unpaired) electrons. The molecular weight excluding hydrogens is 208 g/mol. The number of rotatable bonds is 3. The third kappa shape index (κ3) is 2.53. The molecular formula is C11H20N2O3. The maximum absolute atomic E-state index is 12.2. The van der Waals surface area contributed by atoms with Crippen LogP contribution in [0.5, 0.6) is 0 Å². The molecule has 2 heterocycles. The van der Waals surface area contributed by atoms with Gasteiger partial charge in [0.05, 0.1) is 25.9 Å². The summed E-state index contributed by atoms with van der Waals surface area (Å²) in [6, 6.07) is -0.00903. The van der Waals surface area contributed by atoms with Gasteiger partial charge in [0.1, 0.15) is 0 Å². The predicted octanol–water partition coefficient (Wildman–Crippen LogP) is -0.698. The Morgan fingerprint density at radius 1 is 1.31 bits per heavy atom. The molecule has 2 aliphatic rings. The molecule has 0 unspecified atom stereocenters. The lowest BCUT2D eigenvalue weighted by molar-refractivity contribution is -0.140. The summed E-state index contributed by atoms with van der Waals surface area (Å²) in [4.78, 5) is 16.2. The fourth-order valence-electron chi connectivity index (χ4n) is 2.50. The number of amides is 1. The van der Waals surface area contributed by atoms with Crippen molar-refractivity contribution >= 4 is 5.91 Å². The first-order valence-corrected chi connectivity index (χ1v) is 6.04. The summed E-state index contributed by atoms with van der Waals surface area (Å²) in [6.07, 6.45) is 1.98. The monoisotopic (exact) mass is 228 g/mol. The van der Waals surface area contributed by atoms with Crippen LogP contribution in [0.15, 0.2) is 0 Å². The largest absolute Gasteiger partial charge is 0.395 e. The molecule has 2 rings (SSSR count). The van der Waals surface area contributed by atoms with Crippen LogP contribution in [0.2, 0.25) is 0 Å². The van der Waals surface area contributed by atoms with Gasteiger partial charge in [-0.25, -0.2) is 0 Å². The zero-order valence-electron chi connectivity index (χ0n) is 9.60. The quantitative estimate of drug-likeness (QED) is 0.694. The lowest BCUT2D eigenvalue weighted by Crippen LogP contribution is -2.50. The van der Waals surface area contributed by atoms with Crippen molar-refractivity contribution in [1.29, 1.82) is 0 Å². The second kappa shape index (κ2) is 5.61.